The lowest BCUT2D eigenvalue weighted by atomic mass is 10.2. The number of sulfonamides is 1. The molecule has 0 bridgehead atoms. The molecule has 1 fully saturated rings. The summed E-state index contributed by atoms with van der Waals surface area (Å²) < 4.78 is 27.4. The fourth-order valence-corrected chi connectivity index (χ4v) is 3.65. The van der Waals surface area contributed by atoms with Gasteiger partial charge in [-0.25, -0.2) is 8.42 Å². The van der Waals surface area contributed by atoms with Crippen molar-refractivity contribution in [2.45, 2.75) is 23.8 Å². The van der Waals surface area contributed by atoms with Crippen LogP contribution in [0.5, 0.6) is 0 Å². The normalized spacial score (nSPS) is 16.8. The molecule has 6 heteroatoms. The highest BCUT2D eigenvalue weighted by Crippen LogP contribution is 2.33. The van der Waals surface area contributed by atoms with Gasteiger partial charge in [0.1, 0.15) is 6.04 Å². The molecule has 1 aromatic carbocycles. The van der Waals surface area contributed by atoms with Gasteiger partial charge in [0, 0.05) is 23.2 Å². The number of pyridine rings is 1. The van der Waals surface area contributed by atoms with Crippen molar-refractivity contribution in [1.29, 1.82) is 5.26 Å². The summed E-state index contributed by atoms with van der Waals surface area (Å²) in [6, 6.07) is 8.10. The van der Waals surface area contributed by atoms with Crippen LogP contribution < -0.4 is 4.72 Å². The molecule has 1 saturated carbocycles. The molecule has 2 aromatic rings. The Morgan fingerprint density at radius 3 is 2.85 bits per heavy atom. The van der Waals surface area contributed by atoms with Crippen molar-refractivity contribution < 1.29 is 8.42 Å². The molecule has 1 atom stereocenters. The van der Waals surface area contributed by atoms with Gasteiger partial charge in [0.2, 0.25) is 10.0 Å². The number of rotatable bonds is 4. The Morgan fingerprint density at radius 2 is 2.15 bits per heavy atom. The van der Waals surface area contributed by atoms with Crippen LogP contribution in [-0.4, -0.2) is 19.4 Å². The molecule has 0 aliphatic heterocycles. The summed E-state index contributed by atoms with van der Waals surface area (Å²) in [4.78, 5) is 4.18. The van der Waals surface area contributed by atoms with E-state index in [1.54, 1.807) is 30.6 Å². The number of nitriles is 1. The maximum absolute atomic E-state index is 12.5. The molecule has 102 valence electrons. The summed E-state index contributed by atoms with van der Waals surface area (Å²) in [7, 11) is -3.70. The third kappa shape index (κ3) is 2.38. The molecule has 1 aromatic heterocycles. The number of benzene rings is 1. The van der Waals surface area contributed by atoms with Crippen LogP contribution in [0.25, 0.3) is 10.8 Å². The van der Waals surface area contributed by atoms with E-state index >= 15 is 0 Å². The predicted octanol–water partition coefficient (Wildman–Crippen LogP) is 1.82. The number of hydrogen-bond donors (Lipinski definition) is 1. The SMILES string of the molecule is N#CC(NS(=O)(=O)c1cccc2cnccc12)C1CC1. The highest BCUT2D eigenvalue weighted by atomic mass is 32.2. The summed E-state index contributed by atoms with van der Waals surface area (Å²) in [6.45, 7) is 0. The van der Waals surface area contributed by atoms with Crippen molar-refractivity contribution >= 4 is 20.8 Å². The lowest BCUT2D eigenvalue weighted by molar-refractivity contribution is 0.561. The Balaban J connectivity index is 2.03. The van der Waals surface area contributed by atoms with E-state index in [0.29, 0.717) is 5.39 Å². The molecule has 0 saturated heterocycles. The van der Waals surface area contributed by atoms with Crippen LogP contribution in [0.1, 0.15) is 12.8 Å². The minimum atomic E-state index is -3.70. The van der Waals surface area contributed by atoms with Gasteiger partial charge in [-0.05, 0) is 30.9 Å². The fourth-order valence-electron chi connectivity index (χ4n) is 2.22. The maximum Gasteiger partial charge on any atom is 0.242 e. The predicted molar refractivity (Wildman–Crippen MR) is 74.2 cm³/mol. The van der Waals surface area contributed by atoms with Gasteiger partial charge in [-0.15, -0.1) is 0 Å². The first-order valence-corrected chi connectivity index (χ1v) is 7.85. The smallest absolute Gasteiger partial charge is 0.242 e. The second kappa shape index (κ2) is 4.85. The average molecular weight is 287 g/mol. The molecule has 0 spiro atoms. The molecular weight excluding hydrogens is 274 g/mol. The highest BCUT2D eigenvalue weighted by molar-refractivity contribution is 7.89. The first-order chi connectivity index (χ1) is 9.62. The van der Waals surface area contributed by atoms with Crippen molar-refractivity contribution in [2.24, 2.45) is 5.92 Å². The van der Waals surface area contributed by atoms with Gasteiger partial charge < -0.3 is 0 Å². The molecule has 1 unspecified atom stereocenters. The number of nitrogens with zero attached hydrogens (tertiary/aromatic N) is 2. The molecule has 0 amide bonds. The number of nitrogens with one attached hydrogen (secondary N) is 1. The van der Waals surface area contributed by atoms with Gasteiger partial charge in [-0.2, -0.15) is 9.98 Å². The average Bonchev–Trinajstić information content (AvgIpc) is 3.29. The number of aromatic nitrogens is 1. The van der Waals surface area contributed by atoms with E-state index in [1.165, 1.54) is 0 Å². The second-order valence-electron chi connectivity index (χ2n) is 4.92. The standard InChI is InChI=1S/C14H13N3O2S/c15-8-13(10-4-5-10)17-20(18,19)14-3-1-2-11-9-16-7-6-12(11)14/h1-3,6-7,9-10,13,17H,4-5H2. The topological polar surface area (TPSA) is 82.9 Å². The van der Waals surface area contributed by atoms with E-state index in [4.69, 9.17) is 5.26 Å². The molecule has 0 radical (unpaired) electrons. The van der Waals surface area contributed by atoms with Crippen molar-refractivity contribution in [1.82, 2.24) is 9.71 Å². The zero-order valence-electron chi connectivity index (χ0n) is 10.7. The Hall–Kier alpha value is -1.97. The first kappa shape index (κ1) is 13.0. The maximum atomic E-state index is 12.5. The van der Waals surface area contributed by atoms with Gasteiger partial charge >= 0.3 is 0 Å². The van der Waals surface area contributed by atoms with Gasteiger partial charge in [0.25, 0.3) is 0 Å². The molecule has 1 aliphatic rings. The van der Waals surface area contributed by atoms with Crippen molar-refractivity contribution in [2.75, 3.05) is 0 Å². The zero-order valence-corrected chi connectivity index (χ0v) is 11.5. The molecule has 20 heavy (non-hydrogen) atoms. The molecular formula is C14H13N3O2S. The molecule has 5 nitrogen and oxygen atoms in total. The van der Waals surface area contributed by atoms with E-state index in [0.717, 1.165) is 18.2 Å². The first-order valence-electron chi connectivity index (χ1n) is 6.36. The monoisotopic (exact) mass is 287 g/mol. The third-order valence-electron chi connectivity index (χ3n) is 3.44. The van der Waals surface area contributed by atoms with Crippen molar-refractivity contribution in [3.05, 3.63) is 36.7 Å². The highest BCUT2D eigenvalue weighted by Gasteiger charge is 2.34. The van der Waals surface area contributed by atoms with E-state index < -0.39 is 16.1 Å². The summed E-state index contributed by atoms with van der Waals surface area (Å²) in [5, 5.41) is 10.4. The molecule has 1 heterocycles. The third-order valence-corrected chi connectivity index (χ3v) is 4.94. The lowest BCUT2D eigenvalue weighted by Gasteiger charge is -2.12. The summed E-state index contributed by atoms with van der Waals surface area (Å²) in [5.74, 6) is 0.145. The van der Waals surface area contributed by atoms with Crippen LogP contribution in [0.2, 0.25) is 0 Å². The van der Waals surface area contributed by atoms with Gasteiger partial charge in [0.15, 0.2) is 0 Å². The van der Waals surface area contributed by atoms with Crippen LogP contribution in [0, 0.1) is 17.2 Å². The summed E-state index contributed by atoms with van der Waals surface area (Å²) >= 11 is 0. The van der Waals surface area contributed by atoms with E-state index in [1.807, 2.05) is 12.1 Å². The lowest BCUT2D eigenvalue weighted by Crippen LogP contribution is -2.35. The largest absolute Gasteiger partial charge is 0.264 e. The van der Waals surface area contributed by atoms with E-state index in [2.05, 4.69) is 9.71 Å². The Bertz CT molecular complexity index is 786. The molecule has 1 aliphatic carbocycles. The van der Waals surface area contributed by atoms with E-state index in [9.17, 15) is 8.42 Å². The summed E-state index contributed by atoms with van der Waals surface area (Å²) in [6.07, 6.45) is 4.99. The summed E-state index contributed by atoms with van der Waals surface area (Å²) in [5.41, 5.74) is 0. The molecule has 1 N–H and O–H groups in total. The van der Waals surface area contributed by atoms with Crippen LogP contribution >= 0.6 is 0 Å². The zero-order chi connectivity index (χ0) is 14.2. The minimum Gasteiger partial charge on any atom is -0.264 e. The Kier molecular flexibility index (Phi) is 3.16. The Labute approximate surface area is 117 Å². The van der Waals surface area contributed by atoms with E-state index in [-0.39, 0.29) is 10.8 Å². The van der Waals surface area contributed by atoms with Crippen LogP contribution in [0.3, 0.4) is 0 Å². The minimum absolute atomic E-state index is 0.145. The molecule has 3 rings (SSSR count). The van der Waals surface area contributed by atoms with Gasteiger partial charge in [-0.3, -0.25) is 4.98 Å². The van der Waals surface area contributed by atoms with Gasteiger partial charge in [-0.1, -0.05) is 12.1 Å². The number of hydrogen-bond acceptors (Lipinski definition) is 4. The van der Waals surface area contributed by atoms with Crippen molar-refractivity contribution in [3.8, 4) is 6.07 Å². The Morgan fingerprint density at radius 1 is 1.35 bits per heavy atom. The quantitative estimate of drug-likeness (QED) is 0.929. The van der Waals surface area contributed by atoms with Crippen LogP contribution in [0.4, 0.5) is 0 Å². The number of fused-ring (bicyclic) bond motifs is 1. The van der Waals surface area contributed by atoms with Crippen LogP contribution in [-0.2, 0) is 10.0 Å². The van der Waals surface area contributed by atoms with Crippen molar-refractivity contribution in [3.63, 3.8) is 0 Å². The van der Waals surface area contributed by atoms with Gasteiger partial charge in [0.05, 0.1) is 11.0 Å². The van der Waals surface area contributed by atoms with Crippen LogP contribution in [0.15, 0.2) is 41.6 Å². The second-order valence-corrected chi connectivity index (χ2v) is 6.60. The fraction of sp³-hybridized carbons (Fsp3) is 0.286.